The number of rotatable bonds is 5. The minimum atomic E-state index is -1.65. The molecule has 0 spiro atoms. The number of alkyl halides is 1. The molecule has 2 rings (SSSR count). The van der Waals surface area contributed by atoms with Crippen LogP contribution in [0, 0.1) is 5.82 Å². The Morgan fingerprint density at radius 3 is 3.05 bits per heavy atom. The molecule has 1 heterocycles. The summed E-state index contributed by atoms with van der Waals surface area (Å²) in [6, 6.07) is 5.91. The summed E-state index contributed by atoms with van der Waals surface area (Å²) in [4.78, 5) is 12.8. The Bertz CT molecular complexity index is 469. The summed E-state index contributed by atoms with van der Waals surface area (Å²) in [5.41, 5.74) is 0. The zero-order valence-electron chi connectivity index (χ0n) is 11.2. The first-order valence-electron chi connectivity index (χ1n) is 6.45. The van der Waals surface area contributed by atoms with Crippen molar-refractivity contribution in [3.05, 3.63) is 30.1 Å². The van der Waals surface area contributed by atoms with Crippen LogP contribution in [0.25, 0.3) is 0 Å². The lowest BCUT2D eigenvalue weighted by Gasteiger charge is -2.18. The molecule has 0 saturated carbocycles. The number of nitrogens with zero attached hydrogens (tertiary/aromatic N) is 1. The van der Waals surface area contributed by atoms with Crippen molar-refractivity contribution >= 4 is 5.97 Å². The molecule has 1 aromatic carbocycles. The highest BCUT2D eigenvalue weighted by molar-refractivity contribution is 5.74. The largest absolute Gasteiger partial charge is 0.489 e. The number of hydrogen-bond donors (Lipinski definition) is 0. The van der Waals surface area contributed by atoms with Crippen molar-refractivity contribution in [3.8, 4) is 5.75 Å². The Morgan fingerprint density at radius 1 is 1.55 bits per heavy atom. The molecule has 4 nitrogen and oxygen atoms in total. The number of methoxy groups -OCH3 is 1. The number of esters is 1. The third kappa shape index (κ3) is 3.90. The van der Waals surface area contributed by atoms with Crippen LogP contribution in [0.1, 0.15) is 6.42 Å². The zero-order chi connectivity index (χ0) is 14.5. The molecular formula is C14H17F2NO3. The van der Waals surface area contributed by atoms with Gasteiger partial charge in [0.25, 0.3) is 0 Å². The summed E-state index contributed by atoms with van der Waals surface area (Å²) in [6.07, 6.45) is -1.06. The molecule has 0 aromatic heterocycles. The van der Waals surface area contributed by atoms with E-state index in [0.29, 0.717) is 25.3 Å². The van der Waals surface area contributed by atoms with Crippen LogP contribution in [0.5, 0.6) is 5.75 Å². The fourth-order valence-corrected chi connectivity index (χ4v) is 2.22. The number of carbonyl (C=O) groups is 1. The number of ether oxygens (including phenoxy) is 2. The smallest absolute Gasteiger partial charge is 0.341 e. The molecule has 1 saturated heterocycles. The maximum absolute atomic E-state index is 13.4. The summed E-state index contributed by atoms with van der Waals surface area (Å²) >= 11 is 0. The van der Waals surface area contributed by atoms with Crippen LogP contribution in [-0.2, 0) is 9.53 Å². The summed E-state index contributed by atoms with van der Waals surface area (Å²) in [5, 5.41) is 0. The van der Waals surface area contributed by atoms with Crippen molar-refractivity contribution in [1.82, 2.24) is 4.90 Å². The Balaban J connectivity index is 1.82. The van der Waals surface area contributed by atoms with E-state index in [1.807, 2.05) is 0 Å². The average molecular weight is 285 g/mol. The van der Waals surface area contributed by atoms with Crippen LogP contribution in [0.2, 0.25) is 0 Å². The van der Waals surface area contributed by atoms with Gasteiger partial charge >= 0.3 is 5.97 Å². The zero-order valence-corrected chi connectivity index (χ0v) is 11.2. The lowest BCUT2D eigenvalue weighted by molar-refractivity contribution is -0.147. The van der Waals surface area contributed by atoms with Gasteiger partial charge in [-0.15, -0.1) is 0 Å². The second-order valence-corrected chi connectivity index (χ2v) is 4.74. The molecule has 0 amide bonds. The highest BCUT2D eigenvalue weighted by atomic mass is 19.1. The summed E-state index contributed by atoms with van der Waals surface area (Å²) in [7, 11) is 1.16. The predicted molar refractivity (Wildman–Crippen MR) is 68.8 cm³/mol. The second-order valence-electron chi connectivity index (χ2n) is 4.74. The first-order chi connectivity index (χ1) is 9.58. The van der Waals surface area contributed by atoms with Crippen LogP contribution in [0.4, 0.5) is 8.78 Å². The van der Waals surface area contributed by atoms with Crippen LogP contribution < -0.4 is 4.74 Å². The van der Waals surface area contributed by atoms with Crippen molar-refractivity contribution in [2.24, 2.45) is 0 Å². The number of benzene rings is 1. The minimum absolute atomic E-state index is 0.00428. The highest BCUT2D eigenvalue weighted by Crippen LogP contribution is 2.19. The van der Waals surface area contributed by atoms with Gasteiger partial charge in [-0.25, -0.2) is 13.6 Å². The molecular weight excluding hydrogens is 268 g/mol. The van der Waals surface area contributed by atoms with E-state index in [2.05, 4.69) is 4.74 Å². The lowest BCUT2D eigenvalue weighted by Crippen LogP contribution is -2.34. The third-order valence-corrected chi connectivity index (χ3v) is 3.20. The van der Waals surface area contributed by atoms with Gasteiger partial charge in [-0.05, 0) is 18.6 Å². The molecule has 1 aliphatic heterocycles. The van der Waals surface area contributed by atoms with Crippen molar-refractivity contribution < 1.29 is 23.0 Å². The van der Waals surface area contributed by atoms with Crippen molar-refractivity contribution in [3.63, 3.8) is 0 Å². The van der Waals surface area contributed by atoms with Gasteiger partial charge in [-0.2, -0.15) is 0 Å². The molecule has 0 aliphatic carbocycles. The molecule has 1 fully saturated rings. The van der Waals surface area contributed by atoms with Crippen molar-refractivity contribution in [2.75, 3.05) is 26.7 Å². The van der Waals surface area contributed by atoms with E-state index in [1.54, 1.807) is 17.0 Å². The molecule has 1 aromatic rings. The molecule has 0 radical (unpaired) electrons. The van der Waals surface area contributed by atoms with Gasteiger partial charge in [0.05, 0.1) is 7.11 Å². The monoisotopic (exact) mass is 285 g/mol. The number of likely N-dealkylation sites (tertiary alicyclic amines) is 1. The van der Waals surface area contributed by atoms with Crippen LogP contribution in [0.3, 0.4) is 0 Å². The van der Waals surface area contributed by atoms with E-state index in [0.717, 1.165) is 7.11 Å². The van der Waals surface area contributed by atoms with E-state index >= 15 is 0 Å². The van der Waals surface area contributed by atoms with Crippen LogP contribution >= 0.6 is 0 Å². The number of carbonyl (C=O) groups excluding carboxylic acids is 1. The number of hydrogen-bond acceptors (Lipinski definition) is 4. The second kappa shape index (κ2) is 6.65. The topological polar surface area (TPSA) is 38.8 Å². The summed E-state index contributed by atoms with van der Waals surface area (Å²) < 4.78 is 36.5. The molecule has 0 bridgehead atoms. The Morgan fingerprint density at radius 2 is 2.35 bits per heavy atom. The molecule has 0 unspecified atom stereocenters. The van der Waals surface area contributed by atoms with Gasteiger partial charge in [-0.1, -0.05) is 6.07 Å². The molecule has 1 aliphatic rings. The van der Waals surface area contributed by atoms with E-state index in [9.17, 15) is 13.6 Å². The van der Waals surface area contributed by atoms with Gasteiger partial charge in [0.2, 0.25) is 6.17 Å². The standard InChI is InChI=1S/C14H17F2NO3/c1-19-14(18)13(16)9-17-6-5-12(8-17)20-11-4-2-3-10(15)7-11/h2-4,7,12-13H,5-6,8-9H2,1H3/t12-,13-/m0/s1. The predicted octanol–water partition coefficient (Wildman–Crippen LogP) is 1.79. The fourth-order valence-electron chi connectivity index (χ4n) is 2.22. The lowest BCUT2D eigenvalue weighted by atomic mass is 10.3. The quantitative estimate of drug-likeness (QED) is 0.773. The van der Waals surface area contributed by atoms with Crippen molar-refractivity contribution in [1.29, 1.82) is 0 Å². The van der Waals surface area contributed by atoms with Crippen LogP contribution in [-0.4, -0.2) is 49.9 Å². The van der Waals surface area contributed by atoms with Gasteiger partial charge < -0.3 is 9.47 Å². The van der Waals surface area contributed by atoms with E-state index in [-0.39, 0.29) is 18.5 Å². The number of halogens is 2. The van der Waals surface area contributed by atoms with E-state index in [4.69, 9.17) is 4.74 Å². The fraction of sp³-hybridized carbons (Fsp3) is 0.500. The maximum Gasteiger partial charge on any atom is 0.341 e. The molecule has 110 valence electrons. The molecule has 2 atom stereocenters. The van der Waals surface area contributed by atoms with Gasteiger partial charge in [0.15, 0.2) is 0 Å². The Kier molecular flexibility index (Phi) is 4.89. The average Bonchev–Trinajstić information content (AvgIpc) is 2.85. The van der Waals surface area contributed by atoms with E-state index in [1.165, 1.54) is 12.1 Å². The first kappa shape index (κ1) is 14.7. The Hall–Kier alpha value is -1.69. The summed E-state index contributed by atoms with van der Waals surface area (Å²) in [6.45, 7) is 1.14. The molecule has 0 N–H and O–H groups in total. The maximum atomic E-state index is 13.4. The highest BCUT2D eigenvalue weighted by Gasteiger charge is 2.29. The SMILES string of the molecule is COC(=O)[C@@H](F)CN1CC[C@H](Oc2cccc(F)c2)C1. The Labute approximate surface area is 116 Å². The molecule has 6 heteroatoms. The first-order valence-corrected chi connectivity index (χ1v) is 6.45. The van der Waals surface area contributed by atoms with E-state index < -0.39 is 12.1 Å². The van der Waals surface area contributed by atoms with Crippen LogP contribution in [0.15, 0.2) is 24.3 Å². The molecule has 20 heavy (non-hydrogen) atoms. The summed E-state index contributed by atoms with van der Waals surface area (Å²) in [5.74, 6) is -0.756. The van der Waals surface area contributed by atoms with Gasteiger partial charge in [0, 0.05) is 25.7 Å². The third-order valence-electron chi connectivity index (χ3n) is 3.20. The minimum Gasteiger partial charge on any atom is -0.489 e. The van der Waals surface area contributed by atoms with Crippen molar-refractivity contribution in [2.45, 2.75) is 18.7 Å². The van der Waals surface area contributed by atoms with Gasteiger partial charge in [0.1, 0.15) is 17.7 Å². The van der Waals surface area contributed by atoms with Gasteiger partial charge in [-0.3, -0.25) is 4.90 Å². The normalized spacial score (nSPS) is 20.6.